The van der Waals surface area contributed by atoms with E-state index in [9.17, 15) is 4.79 Å². The van der Waals surface area contributed by atoms with Crippen LogP contribution < -0.4 is 9.64 Å². The molecule has 0 radical (unpaired) electrons. The fraction of sp³-hybridized carbons (Fsp3) is 0.333. The number of benzene rings is 2. The van der Waals surface area contributed by atoms with Crippen LogP contribution in [-0.2, 0) is 4.79 Å². The monoisotopic (exact) mass is 436 g/mol. The molecule has 3 aromatic rings. The van der Waals surface area contributed by atoms with Crippen LogP contribution in [0.2, 0.25) is 0 Å². The zero-order chi connectivity index (χ0) is 21.8. The van der Waals surface area contributed by atoms with Gasteiger partial charge in [-0.1, -0.05) is 23.9 Å². The number of anilines is 1. The summed E-state index contributed by atoms with van der Waals surface area (Å²) < 4.78 is 7.30. The third kappa shape index (κ3) is 4.88. The van der Waals surface area contributed by atoms with E-state index in [1.54, 1.807) is 13.3 Å². The first-order valence-corrected chi connectivity index (χ1v) is 11.4. The topological polar surface area (TPSA) is 50.6 Å². The number of carbonyl (C=O) groups is 1. The van der Waals surface area contributed by atoms with Crippen molar-refractivity contribution in [2.45, 2.75) is 19.0 Å². The zero-order valence-electron chi connectivity index (χ0n) is 18.2. The number of nitrogens with zero attached hydrogens (tertiary/aromatic N) is 4. The van der Waals surface area contributed by atoms with E-state index in [4.69, 9.17) is 4.74 Å². The Morgan fingerprint density at radius 3 is 2.52 bits per heavy atom. The number of amides is 1. The van der Waals surface area contributed by atoms with Crippen molar-refractivity contribution in [3.63, 3.8) is 0 Å². The van der Waals surface area contributed by atoms with Crippen molar-refractivity contribution in [1.29, 1.82) is 0 Å². The highest BCUT2D eigenvalue weighted by molar-refractivity contribution is 7.99. The number of imidazole rings is 1. The van der Waals surface area contributed by atoms with Gasteiger partial charge in [-0.25, -0.2) is 4.98 Å². The SMILES string of the molecule is COc1ccc(N2CCN(C(=O)CSc3nccn3-c3cc(C)ccc3C)CC2)cc1. The molecule has 1 aromatic heterocycles. The number of aryl methyl sites for hydroxylation is 2. The van der Waals surface area contributed by atoms with E-state index in [-0.39, 0.29) is 5.91 Å². The minimum Gasteiger partial charge on any atom is -0.497 e. The van der Waals surface area contributed by atoms with Gasteiger partial charge in [0.15, 0.2) is 5.16 Å². The van der Waals surface area contributed by atoms with Crippen molar-refractivity contribution >= 4 is 23.4 Å². The molecule has 0 saturated carbocycles. The summed E-state index contributed by atoms with van der Waals surface area (Å²) in [5.74, 6) is 1.41. The maximum absolute atomic E-state index is 12.8. The number of piperazine rings is 1. The second kappa shape index (κ2) is 9.47. The molecule has 0 unspecified atom stereocenters. The molecule has 162 valence electrons. The highest BCUT2D eigenvalue weighted by atomic mass is 32.2. The van der Waals surface area contributed by atoms with E-state index in [2.05, 4.69) is 58.6 Å². The largest absolute Gasteiger partial charge is 0.497 e. The van der Waals surface area contributed by atoms with E-state index < -0.39 is 0 Å². The second-order valence-corrected chi connectivity index (χ2v) is 8.67. The smallest absolute Gasteiger partial charge is 0.233 e. The standard InChI is InChI=1S/C24H28N4O2S/c1-18-4-5-19(2)22(16-18)28-11-10-25-24(28)31-17-23(29)27-14-12-26(13-15-27)20-6-8-21(30-3)9-7-20/h4-11,16H,12-15,17H2,1-3H3. The number of hydrogen-bond donors (Lipinski definition) is 0. The molecule has 1 fully saturated rings. The van der Waals surface area contributed by atoms with E-state index in [0.29, 0.717) is 5.75 Å². The third-order valence-electron chi connectivity index (χ3n) is 5.63. The highest BCUT2D eigenvalue weighted by Crippen LogP contribution is 2.25. The van der Waals surface area contributed by atoms with Crippen molar-refractivity contribution in [3.8, 4) is 11.4 Å². The molecule has 0 aliphatic carbocycles. The maximum atomic E-state index is 12.8. The third-order valence-corrected chi connectivity index (χ3v) is 6.58. The molecule has 0 atom stereocenters. The van der Waals surface area contributed by atoms with Gasteiger partial charge in [-0.2, -0.15) is 0 Å². The Kier molecular flexibility index (Phi) is 6.51. The van der Waals surface area contributed by atoms with Gasteiger partial charge in [0.05, 0.1) is 18.6 Å². The molecule has 1 saturated heterocycles. The van der Waals surface area contributed by atoms with Gasteiger partial charge in [-0.15, -0.1) is 0 Å². The number of thioether (sulfide) groups is 1. The molecule has 4 rings (SSSR count). The number of carbonyl (C=O) groups excluding carboxylic acids is 1. The quantitative estimate of drug-likeness (QED) is 0.548. The molecule has 0 bridgehead atoms. The van der Waals surface area contributed by atoms with Crippen molar-refractivity contribution in [2.24, 2.45) is 0 Å². The Balaban J connectivity index is 1.33. The van der Waals surface area contributed by atoms with Crippen LogP contribution in [0, 0.1) is 13.8 Å². The van der Waals surface area contributed by atoms with Crippen LogP contribution in [0.15, 0.2) is 60.0 Å². The predicted octanol–water partition coefficient (Wildman–Crippen LogP) is 3.94. The predicted molar refractivity (Wildman–Crippen MR) is 126 cm³/mol. The number of rotatable bonds is 6. The lowest BCUT2D eigenvalue weighted by molar-refractivity contribution is -0.128. The molecule has 2 heterocycles. The van der Waals surface area contributed by atoms with Gasteiger partial charge < -0.3 is 14.5 Å². The van der Waals surface area contributed by atoms with Crippen LogP contribution in [0.1, 0.15) is 11.1 Å². The van der Waals surface area contributed by atoms with Crippen LogP contribution in [0.4, 0.5) is 5.69 Å². The Bertz CT molecular complexity index is 1040. The Morgan fingerprint density at radius 2 is 1.81 bits per heavy atom. The number of hydrogen-bond acceptors (Lipinski definition) is 5. The minimum atomic E-state index is 0.162. The number of methoxy groups -OCH3 is 1. The molecule has 31 heavy (non-hydrogen) atoms. The van der Waals surface area contributed by atoms with Crippen molar-refractivity contribution in [2.75, 3.05) is 43.9 Å². The summed E-state index contributed by atoms with van der Waals surface area (Å²) in [5, 5.41) is 0.846. The maximum Gasteiger partial charge on any atom is 0.233 e. The summed E-state index contributed by atoms with van der Waals surface area (Å²) >= 11 is 1.50. The molecular formula is C24H28N4O2S. The lowest BCUT2D eigenvalue weighted by atomic mass is 10.1. The molecule has 7 heteroatoms. The van der Waals surface area contributed by atoms with E-state index in [1.165, 1.54) is 22.9 Å². The zero-order valence-corrected chi connectivity index (χ0v) is 19.1. The average molecular weight is 437 g/mol. The molecule has 1 amide bonds. The highest BCUT2D eigenvalue weighted by Gasteiger charge is 2.22. The summed E-state index contributed by atoms with van der Waals surface area (Å²) in [6.45, 7) is 7.31. The molecule has 0 spiro atoms. The average Bonchev–Trinajstić information content (AvgIpc) is 3.27. The fourth-order valence-corrected chi connectivity index (χ4v) is 4.65. The van der Waals surface area contributed by atoms with Crippen molar-refractivity contribution in [3.05, 3.63) is 66.0 Å². The van der Waals surface area contributed by atoms with E-state index in [0.717, 1.165) is 48.5 Å². The summed E-state index contributed by atoms with van der Waals surface area (Å²) in [7, 11) is 1.67. The first-order chi connectivity index (χ1) is 15.0. The van der Waals surface area contributed by atoms with Crippen LogP contribution in [0.5, 0.6) is 5.75 Å². The summed E-state index contributed by atoms with van der Waals surface area (Å²) in [6.07, 6.45) is 3.75. The van der Waals surface area contributed by atoms with Crippen LogP contribution >= 0.6 is 11.8 Å². The molecule has 0 N–H and O–H groups in total. The van der Waals surface area contributed by atoms with Gasteiger partial charge >= 0.3 is 0 Å². The summed E-state index contributed by atoms with van der Waals surface area (Å²) in [6, 6.07) is 14.5. The molecule has 2 aromatic carbocycles. The van der Waals surface area contributed by atoms with Gasteiger partial charge in [-0.05, 0) is 55.3 Å². The minimum absolute atomic E-state index is 0.162. The van der Waals surface area contributed by atoms with Crippen molar-refractivity contribution in [1.82, 2.24) is 14.5 Å². The van der Waals surface area contributed by atoms with Gasteiger partial charge in [0.2, 0.25) is 5.91 Å². The Hall–Kier alpha value is -2.93. The van der Waals surface area contributed by atoms with Crippen LogP contribution in [0.3, 0.4) is 0 Å². The first-order valence-electron chi connectivity index (χ1n) is 10.5. The summed E-state index contributed by atoms with van der Waals surface area (Å²) in [5.41, 5.74) is 4.67. The van der Waals surface area contributed by atoms with Gasteiger partial charge in [0.1, 0.15) is 5.75 Å². The van der Waals surface area contributed by atoms with Crippen LogP contribution in [0.25, 0.3) is 5.69 Å². The lowest BCUT2D eigenvalue weighted by Crippen LogP contribution is -2.49. The van der Waals surface area contributed by atoms with Gasteiger partial charge in [-0.3, -0.25) is 9.36 Å². The van der Waals surface area contributed by atoms with E-state index in [1.807, 2.05) is 23.2 Å². The van der Waals surface area contributed by atoms with Crippen LogP contribution in [-0.4, -0.2) is 59.4 Å². The number of aromatic nitrogens is 2. The Labute approximate surface area is 187 Å². The van der Waals surface area contributed by atoms with E-state index >= 15 is 0 Å². The fourth-order valence-electron chi connectivity index (χ4n) is 3.78. The summed E-state index contributed by atoms with van der Waals surface area (Å²) in [4.78, 5) is 21.6. The normalized spacial score (nSPS) is 14.0. The second-order valence-electron chi connectivity index (χ2n) is 7.72. The molecule has 1 aliphatic heterocycles. The number of ether oxygens (including phenoxy) is 1. The molecule has 6 nitrogen and oxygen atoms in total. The van der Waals surface area contributed by atoms with Gasteiger partial charge in [0.25, 0.3) is 0 Å². The molecular weight excluding hydrogens is 408 g/mol. The van der Waals surface area contributed by atoms with Gasteiger partial charge in [0, 0.05) is 44.3 Å². The Morgan fingerprint density at radius 1 is 1.06 bits per heavy atom. The van der Waals surface area contributed by atoms with Crippen molar-refractivity contribution < 1.29 is 9.53 Å². The lowest BCUT2D eigenvalue weighted by Gasteiger charge is -2.36. The molecule has 1 aliphatic rings. The first kappa shape index (κ1) is 21.3.